The molecule has 1 spiro atoms. The Kier molecular flexibility index (Phi) is 6.40. The standard InChI is InChI=1S/C23H31N3O3/c1-4-14-24(6-3)21(28)19(17-18-10-8-7-9-11-18)25-15-16-26(20(27)5-2)23(12-13-23)22(25)29/h5,7-11,19H,2,4,6,12-17H2,1,3H3/t19-/m0/s1. The molecule has 156 valence electrons. The number of carbonyl (C=O) groups excluding carboxylic acids is 3. The van der Waals surface area contributed by atoms with Gasteiger partial charge in [-0.15, -0.1) is 0 Å². The normalized spacial score (nSPS) is 18.5. The summed E-state index contributed by atoms with van der Waals surface area (Å²) in [7, 11) is 0. The van der Waals surface area contributed by atoms with E-state index in [1.165, 1.54) is 6.08 Å². The van der Waals surface area contributed by atoms with Crippen LogP contribution in [-0.2, 0) is 20.8 Å². The van der Waals surface area contributed by atoms with Crippen molar-refractivity contribution in [3.05, 3.63) is 48.6 Å². The Balaban J connectivity index is 1.89. The lowest BCUT2D eigenvalue weighted by molar-refractivity contribution is -0.158. The SMILES string of the molecule is C=CC(=O)N1CCN([C@@H](Cc2ccccc2)C(=O)N(CC)CCC)C(=O)C12CC2. The maximum Gasteiger partial charge on any atom is 0.249 e. The van der Waals surface area contributed by atoms with Crippen LogP contribution < -0.4 is 0 Å². The van der Waals surface area contributed by atoms with Gasteiger partial charge >= 0.3 is 0 Å². The molecule has 1 aromatic carbocycles. The summed E-state index contributed by atoms with van der Waals surface area (Å²) in [4.78, 5) is 44.4. The van der Waals surface area contributed by atoms with Crippen LogP contribution in [0.5, 0.6) is 0 Å². The van der Waals surface area contributed by atoms with Crippen LogP contribution in [0.2, 0.25) is 0 Å². The number of benzene rings is 1. The van der Waals surface area contributed by atoms with E-state index < -0.39 is 11.6 Å². The molecule has 0 N–H and O–H groups in total. The predicted molar refractivity (Wildman–Crippen MR) is 112 cm³/mol. The zero-order valence-corrected chi connectivity index (χ0v) is 17.5. The first-order chi connectivity index (χ1) is 14.0. The van der Waals surface area contributed by atoms with Gasteiger partial charge in [-0.05, 0) is 37.8 Å². The number of piperazine rings is 1. The van der Waals surface area contributed by atoms with E-state index in [9.17, 15) is 14.4 Å². The molecule has 6 nitrogen and oxygen atoms in total. The molecule has 1 saturated carbocycles. The molecule has 0 unspecified atom stereocenters. The molecule has 1 aliphatic heterocycles. The first kappa shape index (κ1) is 21.1. The largest absolute Gasteiger partial charge is 0.341 e. The summed E-state index contributed by atoms with van der Waals surface area (Å²) in [5.41, 5.74) is 0.251. The fourth-order valence-electron chi connectivity index (χ4n) is 4.31. The molecule has 29 heavy (non-hydrogen) atoms. The van der Waals surface area contributed by atoms with Gasteiger partial charge in [0.25, 0.3) is 0 Å². The van der Waals surface area contributed by atoms with Crippen molar-refractivity contribution in [1.82, 2.24) is 14.7 Å². The van der Waals surface area contributed by atoms with Crippen molar-refractivity contribution in [3.8, 4) is 0 Å². The third kappa shape index (κ3) is 4.07. The van der Waals surface area contributed by atoms with Crippen LogP contribution in [0.15, 0.2) is 43.0 Å². The summed E-state index contributed by atoms with van der Waals surface area (Å²) < 4.78 is 0. The topological polar surface area (TPSA) is 60.9 Å². The van der Waals surface area contributed by atoms with Gasteiger partial charge in [0.1, 0.15) is 11.6 Å². The highest BCUT2D eigenvalue weighted by atomic mass is 16.2. The molecule has 1 aliphatic carbocycles. The number of hydrogen-bond acceptors (Lipinski definition) is 3. The lowest BCUT2D eigenvalue weighted by atomic mass is 9.99. The lowest BCUT2D eigenvalue weighted by Crippen LogP contribution is -2.65. The Labute approximate surface area is 173 Å². The van der Waals surface area contributed by atoms with Gasteiger partial charge in [0.05, 0.1) is 0 Å². The smallest absolute Gasteiger partial charge is 0.249 e. The average molecular weight is 398 g/mol. The molecule has 1 saturated heterocycles. The molecule has 1 aromatic rings. The van der Waals surface area contributed by atoms with Crippen molar-refractivity contribution in [2.75, 3.05) is 26.2 Å². The van der Waals surface area contributed by atoms with E-state index in [0.717, 1.165) is 12.0 Å². The summed E-state index contributed by atoms with van der Waals surface area (Å²) in [6.45, 7) is 9.69. The second-order valence-electron chi connectivity index (χ2n) is 7.85. The zero-order chi connectivity index (χ0) is 21.0. The number of likely N-dealkylation sites (N-methyl/N-ethyl adjacent to an activating group) is 1. The molecule has 6 heteroatoms. The van der Waals surface area contributed by atoms with E-state index in [2.05, 4.69) is 6.58 Å². The van der Waals surface area contributed by atoms with Gasteiger partial charge in [-0.3, -0.25) is 14.4 Å². The molecule has 2 aliphatic rings. The van der Waals surface area contributed by atoms with Crippen LogP contribution in [0.4, 0.5) is 0 Å². The molecular formula is C23H31N3O3. The van der Waals surface area contributed by atoms with Gasteiger partial charge < -0.3 is 14.7 Å². The van der Waals surface area contributed by atoms with Crippen molar-refractivity contribution in [2.45, 2.75) is 51.1 Å². The van der Waals surface area contributed by atoms with Crippen molar-refractivity contribution >= 4 is 17.7 Å². The maximum absolute atomic E-state index is 13.5. The molecule has 2 fully saturated rings. The number of amides is 3. The monoisotopic (exact) mass is 397 g/mol. The van der Waals surface area contributed by atoms with Crippen LogP contribution in [0.25, 0.3) is 0 Å². The Morgan fingerprint density at radius 3 is 2.45 bits per heavy atom. The van der Waals surface area contributed by atoms with E-state index in [0.29, 0.717) is 45.4 Å². The quantitative estimate of drug-likeness (QED) is 0.632. The summed E-state index contributed by atoms with van der Waals surface area (Å²) in [6, 6.07) is 9.28. The van der Waals surface area contributed by atoms with Crippen molar-refractivity contribution < 1.29 is 14.4 Å². The summed E-state index contributed by atoms with van der Waals surface area (Å²) in [6.07, 6.45) is 3.94. The lowest BCUT2D eigenvalue weighted by Gasteiger charge is -2.44. The summed E-state index contributed by atoms with van der Waals surface area (Å²) in [5.74, 6) is -0.311. The van der Waals surface area contributed by atoms with E-state index in [1.807, 2.05) is 49.1 Å². The molecular weight excluding hydrogens is 366 g/mol. The minimum absolute atomic E-state index is 0.00847. The van der Waals surface area contributed by atoms with Crippen LogP contribution in [0.1, 0.15) is 38.7 Å². The Morgan fingerprint density at radius 2 is 1.90 bits per heavy atom. The maximum atomic E-state index is 13.5. The van der Waals surface area contributed by atoms with Crippen LogP contribution in [0, 0.1) is 0 Å². The molecule has 1 heterocycles. The Bertz CT molecular complexity index is 773. The highest BCUT2D eigenvalue weighted by Gasteiger charge is 2.60. The predicted octanol–water partition coefficient (Wildman–Crippen LogP) is 2.25. The van der Waals surface area contributed by atoms with Crippen molar-refractivity contribution in [3.63, 3.8) is 0 Å². The summed E-state index contributed by atoms with van der Waals surface area (Å²) >= 11 is 0. The van der Waals surface area contributed by atoms with E-state index in [4.69, 9.17) is 0 Å². The Morgan fingerprint density at radius 1 is 1.21 bits per heavy atom. The minimum atomic E-state index is -0.777. The number of rotatable bonds is 8. The fourth-order valence-corrected chi connectivity index (χ4v) is 4.31. The van der Waals surface area contributed by atoms with Gasteiger partial charge in [0.2, 0.25) is 17.7 Å². The van der Waals surface area contributed by atoms with Crippen LogP contribution in [-0.4, -0.2) is 70.2 Å². The van der Waals surface area contributed by atoms with Gasteiger partial charge in [-0.2, -0.15) is 0 Å². The van der Waals surface area contributed by atoms with E-state index >= 15 is 0 Å². The van der Waals surface area contributed by atoms with Gasteiger partial charge in [0.15, 0.2) is 0 Å². The van der Waals surface area contributed by atoms with E-state index in [1.54, 1.807) is 9.80 Å². The molecule has 0 aromatic heterocycles. The van der Waals surface area contributed by atoms with Gasteiger partial charge in [0, 0.05) is 32.6 Å². The average Bonchev–Trinajstić information content (AvgIpc) is 3.53. The first-order valence-corrected chi connectivity index (χ1v) is 10.6. The third-order valence-electron chi connectivity index (χ3n) is 6.02. The third-order valence-corrected chi connectivity index (χ3v) is 6.02. The van der Waals surface area contributed by atoms with Gasteiger partial charge in [-0.1, -0.05) is 43.8 Å². The summed E-state index contributed by atoms with van der Waals surface area (Å²) in [5, 5.41) is 0. The van der Waals surface area contributed by atoms with Crippen LogP contribution in [0.3, 0.4) is 0 Å². The fraction of sp³-hybridized carbons (Fsp3) is 0.522. The first-order valence-electron chi connectivity index (χ1n) is 10.6. The minimum Gasteiger partial charge on any atom is -0.341 e. The molecule has 3 rings (SSSR count). The molecule has 3 amide bonds. The molecule has 0 radical (unpaired) electrons. The Hall–Kier alpha value is -2.63. The van der Waals surface area contributed by atoms with Crippen LogP contribution >= 0.6 is 0 Å². The number of nitrogens with zero attached hydrogens (tertiary/aromatic N) is 3. The highest BCUT2D eigenvalue weighted by molar-refractivity contribution is 6.00. The van der Waals surface area contributed by atoms with Gasteiger partial charge in [-0.25, -0.2) is 0 Å². The van der Waals surface area contributed by atoms with Crippen molar-refractivity contribution in [2.24, 2.45) is 0 Å². The number of carbonyl (C=O) groups is 3. The highest BCUT2D eigenvalue weighted by Crippen LogP contribution is 2.46. The second-order valence-corrected chi connectivity index (χ2v) is 7.85. The zero-order valence-electron chi connectivity index (χ0n) is 17.5. The van der Waals surface area contributed by atoms with E-state index in [-0.39, 0.29) is 17.7 Å². The number of hydrogen-bond donors (Lipinski definition) is 0. The molecule has 1 atom stereocenters. The second kappa shape index (κ2) is 8.80. The molecule has 0 bridgehead atoms. The van der Waals surface area contributed by atoms with Crippen molar-refractivity contribution in [1.29, 1.82) is 0 Å².